The summed E-state index contributed by atoms with van der Waals surface area (Å²) in [6.45, 7) is 8.75. The molecule has 0 atom stereocenters. The minimum Gasteiger partial charge on any atom is -0.386 e. The van der Waals surface area contributed by atoms with Gasteiger partial charge in [-0.2, -0.15) is 0 Å². The first-order chi connectivity index (χ1) is 15.0. The van der Waals surface area contributed by atoms with Crippen LogP contribution in [-0.4, -0.2) is 48.8 Å². The molecular weight excluding hydrogens is 390 g/mol. The van der Waals surface area contributed by atoms with Crippen molar-refractivity contribution in [1.29, 1.82) is 5.41 Å². The first-order valence-electron chi connectivity index (χ1n) is 10.7. The molecule has 0 bridgehead atoms. The molecule has 0 saturated heterocycles. The number of nitrogens with zero attached hydrogens (tertiary/aromatic N) is 2. The number of allylic oxidation sites excluding steroid dienone is 6. The van der Waals surface area contributed by atoms with Crippen LogP contribution in [0.4, 0.5) is 4.79 Å². The minimum absolute atomic E-state index is 0.00373. The molecule has 1 rings (SSSR count). The summed E-state index contributed by atoms with van der Waals surface area (Å²) in [7, 11) is 0. The van der Waals surface area contributed by atoms with Gasteiger partial charge in [-0.3, -0.25) is 10.3 Å². The number of hydrogen-bond donors (Lipinski definition) is 5. The number of nitrogens with two attached hydrogens (primary N) is 1. The normalized spacial score (nSPS) is 15.5. The second kappa shape index (κ2) is 15.7. The maximum Gasteiger partial charge on any atom is 0.352 e. The van der Waals surface area contributed by atoms with Gasteiger partial charge >= 0.3 is 6.03 Å². The molecule has 170 valence electrons. The molecule has 0 radical (unpaired) electrons. The number of nitrogens with one attached hydrogen (secondary N) is 4. The van der Waals surface area contributed by atoms with Crippen molar-refractivity contribution in [2.75, 3.05) is 26.2 Å². The highest BCUT2D eigenvalue weighted by Crippen LogP contribution is 2.14. The van der Waals surface area contributed by atoms with Crippen LogP contribution >= 0.6 is 0 Å². The van der Waals surface area contributed by atoms with Crippen LogP contribution in [0, 0.1) is 5.41 Å². The lowest BCUT2D eigenvalue weighted by Gasteiger charge is -2.16. The Morgan fingerprint density at radius 1 is 1.29 bits per heavy atom. The van der Waals surface area contributed by atoms with E-state index in [0.717, 1.165) is 37.3 Å². The molecule has 0 unspecified atom stereocenters. The fourth-order valence-electron chi connectivity index (χ4n) is 2.82. The van der Waals surface area contributed by atoms with E-state index in [-0.39, 0.29) is 12.0 Å². The third-order valence-electron chi connectivity index (χ3n) is 4.51. The summed E-state index contributed by atoms with van der Waals surface area (Å²) < 4.78 is 0. The molecular formula is C23H37N7O. The molecule has 0 fully saturated rings. The molecule has 1 heterocycles. The van der Waals surface area contributed by atoms with Gasteiger partial charge in [-0.15, -0.1) is 0 Å². The van der Waals surface area contributed by atoms with Crippen LogP contribution in [0.25, 0.3) is 0 Å². The molecule has 0 aliphatic carbocycles. The summed E-state index contributed by atoms with van der Waals surface area (Å²) in [5, 5.41) is 16.4. The highest BCUT2D eigenvalue weighted by atomic mass is 16.2. The van der Waals surface area contributed by atoms with Gasteiger partial charge in [-0.1, -0.05) is 36.0 Å². The number of guanidine groups is 1. The summed E-state index contributed by atoms with van der Waals surface area (Å²) in [6.07, 6.45) is 17.9. The summed E-state index contributed by atoms with van der Waals surface area (Å²) in [6, 6.07) is -0.282. The number of amides is 2. The van der Waals surface area contributed by atoms with Gasteiger partial charge in [-0.05, 0) is 52.4 Å². The maximum atomic E-state index is 12.6. The summed E-state index contributed by atoms with van der Waals surface area (Å²) in [4.78, 5) is 18.4. The third kappa shape index (κ3) is 11.0. The van der Waals surface area contributed by atoms with Crippen molar-refractivity contribution in [2.24, 2.45) is 10.7 Å². The summed E-state index contributed by atoms with van der Waals surface area (Å²) in [5.74, 6) is 0.00373. The smallest absolute Gasteiger partial charge is 0.352 e. The van der Waals surface area contributed by atoms with Crippen LogP contribution in [0.3, 0.4) is 0 Å². The van der Waals surface area contributed by atoms with E-state index in [2.05, 4.69) is 33.1 Å². The molecule has 31 heavy (non-hydrogen) atoms. The zero-order valence-corrected chi connectivity index (χ0v) is 18.9. The van der Waals surface area contributed by atoms with Gasteiger partial charge in [0, 0.05) is 37.1 Å². The number of aliphatic imine (C=N–C) groups is 1. The van der Waals surface area contributed by atoms with Gasteiger partial charge in [0.05, 0.1) is 6.54 Å². The Morgan fingerprint density at radius 3 is 2.77 bits per heavy atom. The van der Waals surface area contributed by atoms with Crippen LogP contribution in [-0.2, 0) is 0 Å². The lowest BCUT2D eigenvalue weighted by atomic mass is 10.1. The SMILES string of the molecule is C/C=C\NCC1=NC(=O)N(C(/C=C\C/C(=C\C)CNCCCNC(=N)N)=C/C)C=CC1. The van der Waals surface area contributed by atoms with Crippen molar-refractivity contribution in [1.82, 2.24) is 20.9 Å². The first-order valence-corrected chi connectivity index (χ1v) is 10.7. The van der Waals surface area contributed by atoms with E-state index in [1.165, 1.54) is 5.57 Å². The molecule has 6 N–H and O–H groups in total. The van der Waals surface area contributed by atoms with Crippen molar-refractivity contribution < 1.29 is 4.79 Å². The highest BCUT2D eigenvalue weighted by molar-refractivity contribution is 5.98. The fourth-order valence-corrected chi connectivity index (χ4v) is 2.82. The second-order valence-corrected chi connectivity index (χ2v) is 6.94. The van der Waals surface area contributed by atoms with Crippen LogP contribution in [0.15, 0.2) is 65.1 Å². The van der Waals surface area contributed by atoms with Crippen LogP contribution in [0.1, 0.15) is 40.0 Å². The number of hydrogen-bond acceptors (Lipinski definition) is 4. The predicted molar refractivity (Wildman–Crippen MR) is 130 cm³/mol. The van der Waals surface area contributed by atoms with Gasteiger partial charge in [0.15, 0.2) is 5.96 Å². The van der Waals surface area contributed by atoms with Gasteiger partial charge in [0.25, 0.3) is 0 Å². The van der Waals surface area contributed by atoms with Crippen molar-refractivity contribution in [3.05, 3.63) is 60.1 Å². The molecule has 0 spiro atoms. The molecule has 8 heteroatoms. The number of carbonyl (C=O) groups excluding carboxylic acids is 1. The van der Waals surface area contributed by atoms with Gasteiger partial charge in [-0.25, -0.2) is 9.79 Å². The average Bonchev–Trinajstić information content (AvgIpc) is 2.93. The van der Waals surface area contributed by atoms with Crippen molar-refractivity contribution in [2.45, 2.75) is 40.0 Å². The first kappa shape index (κ1) is 25.9. The number of rotatable bonds is 13. The Labute approximate surface area is 186 Å². The van der Waals surface area contributed by atoms with E-state index in [1.807, 2.05) is 51.3 Å². The average molecular weight is 428 g/mol. The quantitative estimate of drug-likeness (QED) is 0.102. The minimum atomic E-state index is -0.282. The molecule has 0 aromatic rings. The molecule has 8 nitrogen and oxygen atoms in total. The Kier molecular flexibility index (Phi) is 13.1. The highest BCUT2D eigenvalue weighted by Gasteiger charge is 2.16. The zero-order chi connectivity index (χ0) is 22.9. The zero-order valence-electron chi connectivity index (χ0n) is 18.9. The van der Waals surface area contributed by atoms with Crippen molar-refractivity contribution in [3.63, 3.8) is 0 Å². The topological polar surface area (TPSA) is 119 Å². The Morgan fingerprint density at radius 2 is 2.10 bits per heavy atom. The van der Waals surface area contributed by atoms with Crippen molar-refractivity contribution in [3.8, 4) is 0 Å². The standard InChI is InChI=1S/C23H37N7O/c1-4-13-26-18-20-11-8-16-30(23(31)29-20)21(6-3)12-7-10-19(5-2)17-27-14-9-15-28-22(24)25/h4-8,12-13,16,26-27H,9-11,14-15,17-18H2,1-3H3,(H4,24,25,28)/b12-7-,13-4-,19-5+,21-6+. The maximum absolute atomic E-state index is 12.6. The van der Waals surface area contributed by atoms with E-state index in [4.69, 9.17) is 11.1 Å². The molecule has 1 aliphatic rings. The lowest BCUT2D eigenvalue weighted by Crippen LogP contribution is -2.32. The fraction of sp³-hybridized carbons (Fsp3) is 0.435. The monoisotopic (exact) mass is 427 g/mol. The third-order valence-corrected chi connectivity index (χ3v) is 4.51. The molecule has 0 saturated carbocycles. The second-order valence-electron chi connectivity index (χ2n) is 6.94. The van der Waals surface area contributed by atoms with Crippen molar-refractivity contribution >= 4 is 17.7 Å². The van der Waals surface area contributed by atoms with E-state index in [0.29, 0.717) is 19.5 Å². The van der Waals surface area contributed by atoms with E-state index < -0.39 is 0 Å². The van der Waals surface area contributed by atoms with E-state index in [1.54, 1.807) is 11.1 Å². The van der Waals surface area contributed by atoms with E-state index >= 15 is 0 Å². The van der Waals surface area contributed by atoms with Crippen LogP contribution < -0.4 is 21.7 Å². The molecule has 1 aliphatic heterocycles. The Bertz CT molecular complexity index is 760. The number of urea groups is 1. The van der Waals surface area contributed by atoms with Gasteiger partial charge in [0.1, 0.15) is 0 Å². The Balaban J connectivity index is 2.55. The van der Waals surface area contributed by atoms with Crippen LogP contribution in [0.5, 0.6) is 0 Å². The summed E-state index contributed by atoms with van der Waals surface area (Å²) in [5.41, 5.74) is 8.13. The number of carbonyl (C=O) groups is 1. The van der Waals surface area contributed by atoms with Crippen LogP contribution in [0.2, 0.25) is 0 Å². The Hall–Kier alpha value is -3.13. The summed E-state index contributed by atoms with van der Waals surface area (Å²) >= 11 is 0. The predicted octanol–water partition coefficient (Wildman–Crippen LogP) is 3.15. The molecule has 2 amide bonds. The molecule has 0 aromatic carbocycles. The lowest BCUT2D eigenvalue weighted by molar-refractivity contribution is 0.234. The largest absolute Gasteiger partial charge is 0.386 e. The van der Waals surface area contributed by atoms with E-state index in [9.17, 15) is 4.79 Å². The molecule has 0 aromatic heterocycles. The van der Waals surface area contributed by atoms with Gasteiger partial charge in [0.2, 0.25) is 0 Å². The van der Waals surface area contributed by atoms with Gasteiger partial charge < -0.3 is 21.7 Å².